The lowest BCUT2D eigenvalue weighted by molar-refractivity contribution is 0.0963. The van der Waals surface area contributed by atoms with Crippen LogP contribution in [0.15, 0.2) is 60.8 Å². The monoisotopic (exact) mass is 318 g/mol. The second kappa shape index (κ2) is 5.85. The van der Waals surface area contributed by atoms with Gasteiger partial charge in [0.15, 0.2) is 0 Å². The largest absolute Gasteiger partial charge is 0.396 e. The van der Waals surface area contributed by atoms with Crippen LogP contribution in [0.3, 0.4) is 0 Å². The Morgan fingerprint density at radius 1 is 0.958 bits per heavy atom. The van der Waals surface area contributed by atoms with Gasteiger partial charge in [-0.05, 0) is 29.7 Å². The van der Waals surface area contributed by atoms with E-state index in [1.807, 2.05) is 30.3 Å². The molecule has 5 heteroatoms. The van der Waals surface area contributed by atoms with Crippen molar-refractivity contribution in [1.82, 2.24) is 9.78 Å². The molecule has 2 N–H and O–H groups in total. The molecule has 120 valence electrons. The second-order valence-corrected chi connectivity index (χ2v) is 5.96. The zero-order valence-electron chi connectivity index (χ0n) is 13.2. The molecule has 0 bridgehead atoms. The number of benzene rings is 2. The molecule has 0 radical (unpaired) electrons. The van der Waals surface area contributed by atoms with Crippen molar-refractivity contribution in [2.24, 2.45) is 0 Å². The normalized spacial score (nSPS) is 13.8. The summed E-state index contributed by atoms with van der Waals surface area (Å²) >= 11 is 0. The molecule has 0 fully saturated rings. The van der Waals surface area contributed by atoms with Gasteiger partial charge in [0.2, 0.25) is 0 Å². The molecule has 0 unspecified atom stereocenters. The first-order valence-electron chi connectivity index (χ1n) is 7.98. The molecule has 0 saturated heterocycles. The number of fused-ring (bicyclic) bond motifs is 1. The zero-order valence-corrected chi connectivity index (χ0v) is 13.2. The van der Waals surface area contributed by atoms with Gasteiger partial charge in [-0.25, -0.2) is 0 Å². The second-order valence-electron chi connectivity index (χ2n) is 5.96. The van der Waals surface area contributed by atoms with Gasteiger partial charge in [-0.1, -0.05) is 42.5 Å². The molecule has 2 aromatic carbocycles. The first-order chi connectivity index (χ1) is 11.7. The maximum Gasteiger partial charge on any atom is 0.278 e. The number of rotatable bonds is 3. The van der Waals surface area contributed by atoms with Gasteiger partial charge in [-0.15, -0.1) is 0 Å². The molecule has 0 saturated carbocycles. The Labute approximate surface area is 140 Å². The molecule has 4 rings (SSSR count). The van der Waals surface area contributed by atoms with Crippen LogP contribution in [-0.2, 0) is 13.0 Å². The number of aromatic nitrogens is 2. The third-order valence-electron chi connectivity index (χ3n) is 4.35. The standard InChI is InChI=1S/C19H18N4O/c20-17-13-21-23-11-10-22(19(24)18(17)23)16-8-6-15(7-9-16)12-14-4-2-1-3-5-14/h1-9,13H,10-12,20H2. The molecule has 0 aliphatic carbocycles. The van der Waals surface area contributed by atoms with Crippen LogP contribution in [0, 0.1) is 0 Å². The van der Waals surface area contributed by atoms with Crippen LogP contribution in [-0.4, -0.2) is 22.2 Å². The van der Waals surface area contributed by atoms with Gasteiger partial charge in [-0.2, -0.15) is 5.10 Å². The lowest BCUT2D eigenvalue weighted by Gasteiger charge is -2.28. The molecule has 24 heavy (non-hydrogen) atoms. The van der Waals surface area contributed by atoms with Crippen molar-refractivity contribution in [3.63, 3.8) is 0 Å². The number of nitrogens with two attached hydrogens (primary N) is 1. The highest BCUT2D eigenvalue weighted by molar-refractivity contribution is 6.08. The summed E-state index contributed by atoms with van der Waals surface area (Å²) in [6.07, 6.45) is 2.43. The minimum Gasteiger partial charge on any atom is -0.396 e. The van der Waals surface area contributed by atoms with Crippen molar-refractivity contribution in [3.05, 3.63) is 77.6 Å². The van der Waals surface area contributed by atoms with E-state index in [1.54, 1.807) is 15.8 Å². The molecule has 0 atom stereocenters. The summed E-state index contributed by atoms with van der Waals surface area (Å²) in [4.78, 5) is 14.4. The average molecular weight is 318 g/mol. The molecule has 1 aliphatic heterocycles. The third kappa shape index (κ3) is 2.54. The van der Waals surface area contributed by atoms with Crippen LogP contribution in [0.4, 0.5) is 11.4 Å². The summed E-state index contributed by atoms with van der Waals surface area (Å²) in [6, 6.07) is 18.5. The highest BCUT2D eigenvalue weighted by atomic mass is 16.2. The van der Waals surface area contributed by atoms with Crippen LogP contribution in [0.1, 0.15) is 21.6 Å². The van der Waals surface area contributed by atoms with Crippen molar-refractivity contribution in [2.45, 2.75) is 13.0 Å². The summed E-state index contributed by atoms with van der Waals surface area (Å²) in [5, 5.41) is 4.14. The van der Waals surface area contributed by atoms with Crippen molar-refractivity contribution in [2.75, 3.05) is 17.2 Å². The molecule has 1 amide bonds. The van der Waals surface area contributed by atoms with Gasteiger partial charge in [0.05, 0.1) is 18.4 Å². The molecule has 3 aromatic rings. The van der Waals surface area contributed by atoms with Crippen molar-refractivity contribution >= 4 is 17.3 Å². The fourth-order valence-corrected chi connectivity index (χ4v) is 3.10. The lowest BCUT2D eigenvalue weighted by atomic mass is 10.0. The Bertz CT molecular complexity index is 868. The maximum atomic E-state index is 12.7. The maximum absolute atomic E-state index is 12.7. The van der Waals surface area contributed by atoms with Gasteiger partial charge < -0.3 is 10.6 Å². The lowest BCUT2D eigenvalue weighted by Crippen LogP contribution is -2.40. The minimum atomic E-state index is -0.0907. The Morgan fingerprint density at radius 2 is 1.67 bits per heavy atom. The van der Waals surface area contributed by atoms with E-state index in [9.17, 15) is 4.79 Å². The summed E-state index contributed by atoms with van der Waals surface area (Å²) in [5.74, 6) is -0.0907. The molecule has 5 nitrogen and oxygen atoms in total. The number of amides is 1. The third-order valence-corrected chi connectivity index (χ3v) is 4.35. The van der Waals surface area contributed by atoms with E-state index in [2.05, 4.69) is 29.4 Å². The van der Waals surface area contributed by atoms with E-state index in [1.165, 1.54) is 11.1 Å². The average Bonchev–Trinajstić information content (AvgIpc) is 2.99. The molecular weight excluding hydrogens is 300 g/mol. The Balaban J connectivity index is 1.55. The summed E-state index contributed by atoms with van der Waals surface area (Å²) in [6.45, 7) is 1.26. The Morgan fingerprint density at radius 3 is 2.42 bits per heavy atom. The SMILES string of the molecule is Nc1cnn2c1C(=O)N(c1ccc(Cc3ccccc3)cc1)CC2. The fourth-order valence-electron chi connectivity index (χ4n) is 3.10. The quantitative estimate of drug-likeness (QED) is 0.807. The van der Waals surface area contributed by atoms with E-state index in [0.29, 0.717) is 24.5 Å². The smallest absolute Gasteiger partial charge is 0.278 e. The molecule has 1 aliphatic rings. The summed E-state index contributed by atoms with van der Waals surface area (Å²) in [5.41, 5.74) is 10.2. The predicted octanol–water partition coefficient (Wildman–Crippen LogP) is 2.72. The van der Waals surface area contributed by atoms with E-state index < -0.39 is 0 Å². The van der Waals surface area contributed by atoms with Crippen LogP contribution in [0.2, 0.25) is 0 Å². The summed E-state index contributed by atoms with van der Waals surface area (Å²) in [7, 11) is 0. The number of nitrogen functional groups attached to an aromatic ring is 1. The van der Waals surface area contributed by atoms with Crippen LogP contribution in [0.25, 0.3) is 0 Å². The van der Waals surface area contributed by atoms with Crippen LogP contribution in [0.5, 0.6) is 0 Å². The predicted molar refractivity (Wildman–Crippen MR) is 94.0 cm³/mol. The zero-order chi connectivity index (χ0) is 16.5. The minimum absolute atomic E-state index is 0.0907. The number of hydrogen-bond donors (Lipinski definition) is 1. The molecule has 1 aromatic heterocycles. The highest BCUT2D eigenvalue weighted by Gasteiger charge is 2.28. The van der Waals surface area contributed by atoms with Gasteiger partial charge in [0.1, 0.15) is 5.69 Å². The number of hydrogen-bond acceptors (Lipinski definition) is 3. The first kappa shape index (κ1) is 14.5. The van der Waals surface area contributed by atoms with E-state index in [-0.39, 0.29) is 5.91 Å². The van der Waals surface area contributed by atoms with Crippen LogP contribution < -0.4 is 10.6 Å². The van der Waals surface area contributed by atoms with Crippen molar-refractivity contribution in [3.8, 4) is 0 Å². The van der Waals surface area contributed by atoms with Crippen molar-refractivity contribution < 1.29 is 4.79 Å². The molecular formula is C19H18N4O. The van der Waals surface area contributed by atoms with E-state index >= 15 is 0 Å². The van der Waals surface area contributed by atoms with Crippen molar-refractivity contribution in [1.29, 1.82) is 0 Å². The number of anilines is 2. The fraction of sp³-hybridized carbons (Fsp3) is 0.158. The highest BCUT2D eigenvalue weighted by Crippen LogP contribution is 2.24. The van der Waals surface area contributed by atoms with Crippen LogP contribution >= 0.6 is 0 Å². The van der Waals surface area contributed by atoms with Gasteiger partial charge >= 0.3 is 0 Å². The Hall–Kier alpha value is -3.08. The van der Waals surface area contributed by atoms with E-state index in [4.69, 9.17) is 5.73 Å². The van der Waals surface area contributed by atoms with Gasteiger partial charge in [-0.3, -0.25) is 9.48 Å². The topological polar surface area (TPSA) is 64.1 Å². The Kier molecular flexibility index (Phi) is 3.54. The van der Waals surface area contributed by atoms with Gasteiger partial charge in [0, 0.05) is 12.2 Å². The number of nitrogens with zero attached hydrogens (tertiary/aromatic N) is 3. The molecule has 2 heterocycles. The summed E-state index contributed by atoms with van der Waals surface area (Å²) < 4.78 is 1.68. The van der Waals surface area contributed by atoms with E-state index in [0.717, 1.165) is 12.1 Å². The number of carbonyl (C=O) groups is 1. The molecule has 0 spiro atoms. The number of carbonyl (C=O) groups excluding carboxylic acids is 1. The van der Waals surface area contributed by atoms with Gasteiger partial charge in [0.25, 0.3) is 5.91 Å². The first-order valence-corrected chi connectivity index (χ1v) is 7.98.